The third-order valence-electron chi connectivity index (χ3n) is 2.06. The average Bonchev–Trinajstić information content (AvgIpc) is 2.79. The molecule has 0 bridgehead atoms. The number of carboxylic acids is 1. The first-order valence-corrected chi connectivity index (χ1v) is 6.89. The lowest BCUT2D eigenvalue weighted by molar-refractivity contribution is 0.0691. The van der Waals surface area contributed by atoms with Gasteiger partial charge in [-0.1, -0.05) is 0 Å². The van der Waals surface area contributed by atoms with Crippen molar-refractivity contribution in [1.82, 2.24) is 4.98 Å². The molecule has 1 aromatic heterocycles. The van der Waals surface area contributed by atoms with Gasteiger partial charge in [0.05, 0.1) is 0 Å². The summed E-state index contributed by atoms with van der Waals surface area (Å²) in [5.74, 6) is -1.01. The summed E-state index contributed by atoms with van der Waals surface area (Å²) in [6.07, 6.45) is 2.02. The van der Waals surface area contributed by atoms with Crippen LogP contribution in [-0.4, -0.2) is 22.3 Å². The van der Waals surface area contributed by atoms with E-state index in [1.54, 1.807) is 11.8 Å². The van der Waals surface area contributed by atoms with Crippen molar-refractivity contribution in [2.75, 3.05) is 11.6 Å². The first-order valence-electron chi connectivity index (χ1n) is 4.79. The van der Waals surface area contributed by atoms with Gasteiger partial charge in [-0.25, -0.2) is 9.78 Å². The van der Waals surface area contributed by atoms with Crippen LogP contribution in [0.25, 0.3) is 0 Å². The lowest BCUT2D eigenvalue weighted by Gasteiger charge is -2.02. The number of nitrogens with one attached hydrogen (secondary N) is 1. The number of hydrogen-bond acceptors (Lipinski definition) is 5. The van der Waals surface area contributed by atoms with Crippen molar-refractivity contribution >= 4 is 39.9 Å². The second-order valence-corrected chi connectivity index (χ2v) is 4.93. The van der Waals surface area contributed by atoms with Crippen LogP contribution in [0.15, 0.2) is 34.5 Å². The Labute approximate surface area is 107 Å². The number of benzene rings is 1. The van der Waals surface area contributed by atoms with Crippen LogP contribution in [0.1, 0.15) is 10.5 Å². The van der Waals surface area contributed by atoms with Crippen molar-refractivity contribution in [3.63, 3.8) is 0 Å². The van der Waals surface area contributed by atoms with Crippen LogP contribution in [0, 0.1) is 0 Å². The summed E-state index contributed by atoms with van der Waals surface area (Å²) in [7, 11) is 0. The summed E-state index contributed by atoms with van der Waals surface area (Å²) >= 11 is 2.95. The Hall–Kier alpha value is -1.53. The van der Waals surface area contributed by atoms with Crippen LogP contribution in [-0.2, 0) is 0 Å². The number of hydrogen-bond donors (Lipinski definition) is 2. The average molecular weight is 266 g/mol. The maximum absolute atomic E-state index is 10.7. The van der Waals surface area contributed by atoms with Gasteiger partial charge in [0.25, 0.3) is 0 Å². The van der Waals surface area contributed by atoms with Crippen molar-refractivity contribution < 1.29 is 9.90 Å². The normalized spacial score (nSPS) is 10.2. The molecule has 0 aliphatic carbocycles. The Balaban J connectivity index is 2.11. The Morgan fingerprint density at radius 3 is 2.65 bits per heavy atom. The topological polar surface area (TPSA) is 62.2 Å². The summed E-state index contributed by atoms with van der Waals surface area (Å²) in [5.41, 5.74) is 0.965. The summed E-state index contributed by atoms with van der Waals surface area (Å²) in [6.45, 7) is 0. The fourth-order valence-electron chi connectivity index (χ4n) is 1.23. The summed E-state index contributed by atoms with van der Waals surface area (Å²) in [4.78, 5) is 15.8. The van der Waals surface area contributed by atoms with Crippen molar-refractivity contribution in [2.24, 2.45) is 0 Å². The highest BCUT2D eigenvalue weighted by Gasteiger charge is 2.08. The van der Waals surface area contributed by atoms with E-state index in [0.29, 0.717) is 5.13 Å². The molecule has 0 aliphatic heterocycles. The molecule has 2 N–H and O–H groups in total. The molecule has 0 aliphatic rings. The van der Waals surface area contributed by atoms with Crippen LogP contribution in [0.4, 0.5) is 10.8 Å². The van der Waals surface area contributed by atoms with E-state index in [-0.39, 0.29) is 5.69 Å². The first kappa shape index (κ1) is 11.9. The lowest BCUT2D eigenvalue weighted by atomic mass is 10.3. The Bertz CT molecular complexity index is 523. The quantitative estimate of drug-likeness (QED) is 0.831. The number of aromatic nitrogens is 1. The van der Waals surface area contributed by atoms with Crippen LogP contribution < -0.4 is 5.32 Å². The van der Waals surface area contributed by atoms with Gasteiger partial charge in [-0.2, -0.15) is 0 Å². The molecule has 0 radical (unpaired) electrons. The molecule has 88 valence electrons. The van der Waals surface area contributed by atoms with Gasteiger partial charge >= 0.3 is 5.97 Å². The van der Waals surface area contributed by atoms with Gasteiger partial charge in [0.2, 0.25) is 0 Å². The predicted octanol–water partition coefficient (Wildman–Crippen LogP) is 3.31. The minimum Gasteiger partial charge on any atom is -0.476 e. The number of carboxylic acid groups (broad SMARTS) is 1. The molecule has 0 saturated heterocycles. The Morgan fingerprint density at radius 2 is 2.12 bits per heavy atom. The smallest absolute Gasteiger partial charge is 0.355 e. The van der Waals surface area contributed by atoms with Crippen LogP contribution in [0.2, 0.25) is 0 Å². The molecule has 4 nitrogen and oxygen atoms in total. The van der Waals surface area contributed by atoms with E-state index in [2.05, 4.69) is 10.3 Å². The monoisotopic (exact) mass is 266 g/mol. The van der Waals surface area contributed by atoms with E-state index in [4.69, 9.17) is 5.11 Å². The number of anilines is 2. The number of carbonyl (C=O) groups is 1. The van der Waals surface area contributed by atoms with Crippen molar-refractivity contribution in [2.45, 2.75) is 4.90 Å². The third kappa shape index (κ3) is 2.98. The van der Waals surface area contributed by atoms with Gasteiger partial charge < -0.3 is 10.4 Å². The van der Waals surface area contributed by atoms with Crippen molar-refractivity contribution in [3.05, 3.63) is 35.3 Å². The highest BCUT2D eigenvalue weighted by Crippen LogP contribution is 2.23. The summed E-state index contributed by atoms with van der Waals surface area (Å²) < 4.78 is 0. The molecule has 0 saturated carbocycles. The molecule has 1 aromatic carbocycles. The minimum atomic E-state index is -1.01. The number of thiazole rings is 1. The molecular formula is C11H10N2O2S2. The third-order valence-corrected chi connectivity index (χ3v) is 3.57. The molecule has 0 atom stereocenters. The number of rotatable bonds is 4. The zero-order chi connectivity index (χ0) is 12.3. The first-order chi connectivity index (χ1) is 8.19. The molecular weight excluding hydrogens is 256 g/mol. The predicted molar refractivity (Wildman–Crippen MR) is 70.6 cm³/mol. The lowest BCUT2D eigenvalue weighted by Crippen LogP contribution is -1.97. The van der Waals surface area contributed by atoms with E-state index in [9.17, 15) is 4.79 Å². The van der Waals surface area contributed by atoms with Gasteiger partial charge in [0, 0.05) is 16.0 Å². The summed E-state index contributed by atoms with van der Waals surface area (Å²) in [6, 6.07) is 7.87. The van der Waals surface area contributed by atoms with Crippen molar-refractivity contribution in [3.8, 4) is 0 Å². The molecule has 6 heteroatoms. The van der Waals surface area contributed by atoms with E-state index < -0.39 is 5.97 Å². The molecule has 0 fully saturated rings. The standard InChI is InChI=1S/C11H10N2O2S2/c1-16-8-4-2-7(3-5-8)12-11-13-9(6-17-11)10(14)15/h2-6H,1H3,(H,12,13)(H,14,15). The van der Waals surface area contributed by atoms with E-state index in [1.165, 1.54) is 21.6 Å². The SMILES string of the molecule is CSc1ccc(Nc2nc(C(=O)O)cs2)cc1. The number of thioether (sulfide) groups is 1. The zero-order valence-corrected chi connectivity index (χ0v) is 10.6. The second kappa shape index (κ2) is 5.20. The van der Waals surface area contributed by atoms with Crippen LogP contribution in [0.5, 0.6) is 0 Å². The molecule has 2 aromatic rings. The van der Waals surface area contributed by atoms with Gasteiger partial charge in [-0.05, 0) is 30.5 Å². The molecule has 1 heterocycles. The van der Waals surface area contributed by atoms with Crippen molar-refractivity contribution in [1.29, 1.82) is 0 Å². The van der Waals surface area contributed by atoms with E-state index >= 15 is 0 Å². The number of aromatic carboxylic acids is 1. The number of nitrogens with zero attached hydrogens (tertiary/aromatic N) is 1. The van der Waals surface area contributed by atoms with E-state index in [0.717, 1.165) is 5.69 Å². The van der Waals surface area contributed by atoms with Crippen LogP contribution in [0.3, 0.4) is 0 Å². The summed E-state index contributed by atoms with van der Waals surface area (Å²) in [5, 5.41) is 13.9. The molecule has 2 rings (SSSR count). The maximum Gasteiger partial charge on any atom is 0.355 e. The highest BCUT2D eigenvalue weighted by atomic mass is 32.2. The van der Waals surface area contributed by atoms with Gasteiger partial charge in [0.15, 0.2) is 10.8 Å². The maximum atomic E-state index is 10.7. The fourth-order valence-corrected chi connectivity index (χ4v) is 2.34. The van der Waals surface area contributed by atoms with E-state index in [1.807, 2.05) is 30.5 Å². The molecule has 17 heavy (non-hydrogen) atoms. The molecule has 0 unspecified atom stereocenters. The van der Waals surface area contributed by atoms with Gasteiger partial charge in [-0.15, -0.1) is 23.1 Å². The zero-order valence-electron chi connectivity index (χ0n) is 9.01. The fraction of sp³-hybridized carbons (Fsp3) is 0.0909. The minimum absolute atomic E-state index is 0.0678. The highest BCUT2D eigenvalue weighted by molar-refractivity contribution is 7.98. The Kier molecular flexibility index (Phi) is 3.65. The van der Waals surface area contributed by atoms with Gasteiger partial charge in [0.1, 0.15) is 0 Å². The largest absolute Gasteiger partial charge is 0.476 e. The second-order valence-electron chi connectivity index (χ2n) is 3.20. The molecule has 0 spiro atoms. The van der Waals surface area contributed by atoms with Crippen LogP contribution >= 0.6 is 23.1 Å². The molecule has 0 amide bonds. The van der Waals surface area contributed by atoms with Gasteiger partial charge in [-0.3, -0.25) is 0 Å². The Morgan fingerprint density at radius 1 is 1.41 bits per heavy atom.